The molecule has 0 aliphatic heterocycles. The Kier molecular flexibility index (Phi) is 3.53. The van der Waals surface area contributed by atoms with Crippen molar-refractivity contribution >= 4 is 39.8 Å². The van der Waals surface area contributed by atoms with Crippen molar-refractivity contribution in [2.75, 3.05) is 0 Å². The summed E-state index contributed by atoms with van der Waals surface area (Å²) in [5.41, 5.74) is 4.43. The van der Waals surface area contributed by atoms with E-state index >= 15 is 0 Å². The highest BCUT2D eigenvalue weighted by molar-refractivity contribution is 14.1. The van der Waals surface area contributed by atoms with Gasteiger partial charge >= 0.3 is 0 Å². The maximum Gasteiger partial charge on any atom is 0.151 e. The summed E-state index contributed by atoms with van der Waals surface area (Å²) in [5, 5.41) is 0.920. The van der Waals surface area contributed by atoms with E-state index in [0.717, 1.165) is 43.1 Å². The first-order chi connectivity index (χ1) is 9.70. The SMILES string of the molecule is Cc1c(-c2ccccc2)nc2ccc(I)cc2c1C=O. The number of hydrogen-bond acceptors (Lipinski definition) is 2. The molecule has 2 nitrogen and oxygen atoms in total. The van der Waals surface area contributed by atoms with Crippen LogP contribution in [-0.4, -0.2) is 11.3 Å². The lowest BCUT2D eigenvalue weighted by atomic mass is 9.99. The van der Waals surface area contributed by atoms with Crippen LogP contribution in [0.3, 0.4) is 0 Å². The highest BCUT2D eigenvalue weighted by Gasteiger charge is 2.12. The molecule has 20 heavy (non-hydrogen) atoms. The van der Waals surface area contributed by atoms with Gasteiger partial charge in [0.1, 0.15) is 0 Å². The number of aldehydes is 1. The largest absolute Gasteiger partial charge is 0.298 e. The molecule has 0 aliphatic carbocycles. The molecule has 3 heteroatoms. The molecule has 3 rings (SSSR count). The van der Waals surface area contributed by atoms with E-state index < -0.39 is 0 Å². The molecule has 0 N–H and O–H groups in total. The van der Waals surface area contributed by atoms with Gasteiger partial charge in [0.2, 0.25) is 0 Å². The van der Waals surface area contributed by atoms with Crippen molar-refractivity contribution in [1.82, 2.24) is 4.98 Å². The normalized spacial score (nSPS) is 10.7. The second kappa shape index (κ2) is 5.32. The number of pyridine rings is 1. The van der Waals surface area contributed by atoms with Crippen molar-refractivity contribution in [3.8, 4) is 11.3 Å². The van der Waals surface area contributed by atoms with E-state index in [2.05, 4.69) is 22.6 Å². The molecule has 0 spiro atoms. The average molecular weight is 373 g/mol. The molecule has 0 unspecified atom stereocenters. The predicted octanol–water partition coefficient (Wildman–Crippen LogP) is 4.63. The van der Waals surface area contributed by atoms with Gasteiger partial charge in [0.15, 0.2) is 6.29 Å². The molecule has 2 aromatic carbocycles. The molecule has 0 fully saturated rings. The zero-order valence-electron chi connectivity index (χ0n) is 10.9. The Morgan fingerprint density at radius 3 is 2.55 bits per heavy atom. The molecule has 0 aliphatic rings. The highest BCUT2D eigenvalue weighted by atomic mass is 127. The first kappa shape index (κ1) is 13.2. The van der Waals surface area contributed by atoms with Gasteiger partial charge in [0.05, 0.1) is 11.2 Å². The van der Waals surface area contributed by atoms with Crippen LogP contribution in [0.4, 0.5) is 0 Å². The zero-order chi connectivity index (χ0) is 14.1. The maximum absolute atomic E-state index is 11.5. The third-order valence-corrected chi connectivity index (χ3v) is 4.08. The molecular formula is C17H12INO. The third kappa shape index (κ3) is 2.22. The van der Waals surface area contributed by atoms with Crippen LogP contribution in [0.15, 0.2) is 48.5 Å². The number of benzene rings is 2. The van der Waals surface area contributed by atoms with Gasteiger partial charge in [-0.2, -0.15) is 0 Å². The Hall–Kier alpha value is -1.75. The molecule has 0 amide bonds. The standard InChI is InChI=1S/C17H12INO/c1-11-15(10-20)14-9-13(18)7-8-16(14)19-17(11)12-5-3-2-4-6-12/h2-10H,1H3. The van der Waals surface area contributed by atoms with Crippen molar-refractivity contribution in [2.45, 2.75) is 6.92 Å². The van der Waals surface area contributed by atoms with Gasteiger partial charge in [-0.25, -0.2) is 4.98 Å². The minimum Gasteiger partial charge on any atom is -0.298 e. The van der Waals surface area contributed by atoms with Crippen LogP contribution < -0.4 is 0 Å². The van der Waals surface area contributed by atoms with Crippen LogP contribution in [0.5, 0.6) is 0 Å². The van der Waals surface area contributed by atoms with Crippen LogP contribution in [0, 0.1) is 10.5 Å². The van der Waals surface area contributed by atoms with Crippen molar-refractivity contribution in [2.24, 2.45) is 0 Å². The fourth-order valence-corrected chi connectivity index (χ4v) is 2.88. The van der Waals surface area contributed by atoms with Crippen molar-refractivity contribution in [1.29, 1.82) is 0 Å². The molecule has 0 saturated carbocycles. The maximum atomic E-state index is 11.5. The van der Waals surface area contributed by atoms with Gasteiger partial charge < -0.3 is 0 Å². The van der Waals surface area contributed by atoms with E-state index in [-0.39, 0.29) is 0 Å². The molecule has 1 aromatic heterocycles. The lowest BCUT2D eigenvalue weighted by Crippen LogP contribution is -1.97. The van der Waals surface area contributed by atoms with E-state index in [4.69, 9.17) is 4.98 Å². The first-order valence-corrected chi connectivity index (χ1v) is 7.39. The van der Waals surface area contributed by atoms with E-state index in [1.165, 1.54) is 0 Å². The van der Waals surface area contributed by atoms with Gasteiger partial charge in [-0.3, -0.25) is 4.79 Å². The number of fused-ring (bicyclic) bond motifs is 1. The Bertz CT molecular complexity index is 797. The summed E-state index contributed by atoms with van der Waals surface area (Å²) in [6.45, 7) is 1.96. The van der Waals surface area contributed by atoms with E-state index in [0.29, 0.717) is 0 Å². The Balaban J connectivity index is 2.38. The lowest BCUT2D eigenvalue weighted by molar-refractivity contribution is 0.112. The number of nitrogens with zero attached hydrogens (tertiary/aromatic N) is 1. The molecular weight excluding hydrogens is 361 g/mol. The van der Waals surface area contributed by atoms with E-state index in [1.54, 1.807) is 0 Å². The molecule has 0 radical (unpaired) electrons. The van der Waals surface area contributed by atoms with Crippen molar-refractivity contribution < 1.29 is 4.79 Å². The topological polar surface area (TPSA) is 30.0 Å². The van der Waals surface area contributed by atoms with Crippen LogP contribution in [0.25, 0.3) is 22.2 Å². The second-order valence-corrected chi connectivity index (χ2v) is 5.89. The number of hydrogen-bond donors (Lipinski definition) is 0. The average Bonchev–Trinajstić information content (AvgIpc) is 2.48. The minimum absolute atomic E-state index is 0.729. The van der Waals surface area contributed by atoms with Gasteiger partial charge in [-0.15, -0.1) is 0 Å². The number of halogens is 1. The molecule has 98 valence electrons. The van der Waals surface area contributed by atoms with Crippen LogP contribution in [0.2, 0.25) is 0 Å². The highest BCUT2D eigenvalue weighted by Crippen LogP contribution is 2.29. The fourth-order valence-electron chi connectivity index (χ4n) is 2.38. The van der Waals surface area contributed by atoms with Gasteiger partial charge in [-0.1, -0.05) is 30.3 Å². The van der Waals surface area contributed by atoms with E-state index in [9.17, 15) is 4.79 Å². The predicted molar refractivity (Wildman–Crippen MR) is 90.0 cm³/mol. The summed E-state index contributed by atoms with van der Waals surface area (Å²) in [7, 11) is 0. The number of carbonyl (C=O) groups excluding carboxylic acids is 1. The smallest absolute Gasteiger partial charge is 0.151 e. The summed E-state index contributed by atoms with van der Waals surface area (Å²) in [5.74, 6) is 0. The number of carbonyl (C=O) groups is 1. The molecule has 0 bridgehead atoms. The Morgan fingerprint density at radius 1 is 1.10 bits per heavy atom. The van der Waals surface area contributed by atoms with Crippen LogP contribution in [0.1, 0.15) is 15.9 Å². The molecule has 3 aromatic rings. The van der Waals surface area contributed by atoms with Crippen LogP contribution >= 0.6 is 22.6 Å². The first-order valence-electron chi connectivity index (χ1n) is 6.31. The quantitative estimate of drug-likeness (QED) is 0.485. The summed E-state index contributed by atoms with van der Waals surface area (Å²) in [4.78, 5) is 16.2. The van der Waals surface area contributed by atoms with Crippen molar-refractivity contribution in [3.05, 3.63) is 63.2 Å². The Morgan fingerprint density at radius 2 is 1.85 bits per heavy atom. The molecule has 1 heterocycles. The van der Waals surface area contributed by atoms with Crippen molar-refractivity contribution in [3.63, 3.8) is 0 Å². The minimum atomic E-state index is 0.729. The van der Waals surface area contributed by atoms with Gasteiger partial charge in [0, 0.05) is 20.1 Å². The number of aromatic nitrogens is 1. The third-order valence-electron chi connectivity index (χ3n) is 3.41. The zero-order valence-corrected chi connectivity index (χ0v) is 13.1. The lowest BCUT2D eigenvalue weighted by Gasteiger charge is -2.11. The molecule has 0 saturated heterocycles. The summed E-state index contributed by atoms with van der Waals surface area (Å²) in [6.07, 6.45) is 0.932. The van der Waals surface area contributed by atoms with E-state index in [1.807, 2.05) is 55.5 Å². The second-order valence-electron chi connectivity index (χ2n) is 4.64. The summed E-state index contributed by atoms with van der Waals surface area (Å²) in [6, 6.07) is 16.0. The van der Waals surface area contributed by atoms with Gasteiger partial charge in [0.25, 0.3) is 0 Å². The van der Waals surface area contributed by atoms with Crippen LogP contribution in [-0.2, 0) is 0 Å². The monoisotopic (exact) mass is 373 g/mol. The molecule has 0 atom stereocenters. The number of rotatable bonds is 2. The Labute approximate surface area is 131 Å². The summed E-state index contributed by atoms with van der Waals surface area (Å²) >= 11 is 2.25. The summed E-state index contributed by atoms with van der Waals surface area (Å²) < 4.78 is 1.10. The van der Waals surface area contributed by atoms with Gasteiger partial charge in [-0.05, 0) is 53.3 Å². The fraction of sp³-hybridized carbons (Fsp3) is 0.0588.